The predicted octanol–water partition coefficient (Wildman–Crippen LogP) is 2.31. The lowest BCUT2D eigenvalue weighted by Gasteiger charge is -2.26. The Morgan fingerprint density at radius 3 is 2.81 bits per heavy atom. The predicted molar refractivity (Wildman–Crippen MR) is 115 cm³/mol. The van der Waals surface area contributed by atoms with Crippen molar-refractivity contribution in [1.82, 2.24) is 19.6 Å². The van der Waals surface area contributed by atoms with Crippen molar-refractivity contribution in [1.29, 1.82) is 0 Å². The lowest BCUT2D eigenvalue weighted by molar-refractivity contribution is 0.0730. The first-order chi connectivity index (χ1) is 14.9. The molecule has 1 atom stereocenters. The van der Waals surface area contributed by atoms with E-state index in [2.05, 4.69) is 15.3 Å². The number of carbonyl (C=O) groups excluding carboxylic acids is 1. The number of ether oxygens (including phenoxy) is 1. The second-order valence-corrected chi connectivity index (χ2v) is 9.93. The van der Waals surface area contributed by atoms with Crippen LogP contribution in [0.25, 0.3) is 11.0 Å². The number of hydrogen-bond donors (Lipinski definition) is 2. The average Bonchev–Trinajstić information content (AvgIpc) is 3.35. The molecule has 1 aromatic heterocycles. The van der Waals surface area contributed by atoms with E-state index in [9.17, 15) is 13.2 Å². The maximum Gasteiger partial charge on any atom is 0.251 e. The van der Waals surface area contributed by atoms with Crippen LogP contribution in [-0.4, -0.2) is 54.9 Å². The van der Waals surface area contributed by atoms with E-state index in [4.69, 9.17) is 4.74 Å². The van der Waals surface area contributed by atoms with Crippen molar-refractivity contribution in [3.8, 4) is 0 Å². The van der Waals surface area contributed by atoms with E-state index in [0.29, 0.717) is 31.9 Å². The Labute approximate surface area is 180 Å². The van der Waals surface area contributed by atoms with Gasteiger partial charge in [0.2, 0.25) is 10.0 Å². The second kappa shape index (κ2) is 7.74. The van der Waals surface area contributed by atoms with Gasteiger partial charge in [-0.3, -0.25) is 4.79 Å². The van der Waals surface area contributed by atoms with Crippen LogP contribution in [0.4, 0.5) is 0 Å². The molecular weight excluding hydrogens is 416 g/mol. The highest BCUT2D eigenvalue weighted by Crippen LogP contribution is 2.34. The molecule has 0 spiro atoms. The first kappa shape index (κ1) is 20.2. The number of morpholine rings is 1. The van der Waals surface area contributed by atoms with Gasteiger partial charge in [-0.1, -0.05) is 6.07 Å². The van der Waals surface area contributed by atoms with Crippen LogP contribution in [-0.2, 0) is 21.2 Å². The second-order valence-electron chi connectivity index (χ2n) is 8.00. The number of hydrogen-bond acceptors (Lipinski definition) is 5. The number of imidazole rings is 1. The normalized spacial score (nSPS) is 19.5. The molecule has 1 fully saturated rings. The van der Waals surface area contributed by atoms with Gasteiger partial charge in [0.25, 0.3) is 5.91 Å². The number of fused-ring (bicyclic) bond motifs is 2. The van der Waals surface area contributed by atoms with Crippen LogP contribution in [0, 0.1) is 6.92 Å². The Bertz CT molecular complexity index is 1260. The third kappa shape index (κ3) is 3.73. The third-order valence-corrected chi connectivity index (χ3v) is 7.87. The number of nitrogens with zero attached hydrogens (tertiary/aromatic N) is 2. The molecule has 2 heterocycles. The molecular formula is C22H24N4O4S. The first-order valence-corrected chi connectivity index (χ1v) is 11.8. The van der Waals surface area contributed by atoms with E-state index in [1.165, 1.54) is 4.31 Å². The van der Waals surface area contributed by atoms with Crippen LogP contribution in [0.3, 0.4) is 0 Å². The van der Waals surface area contributed by atoms with Crippen molar-refractivity contribution in [2.45, 2.75) is 30.7 Å². The maximum absolute atomic E-state index is 13.0. The summed E-state index contributed by atoms with van der Waals surface area (Å²) >= 11 is 0. The Morgan fingerprint density at radius 2 is 2.00 bits per heavy atom. The van der Waals surface area contributed by atoms with E-state index in [1.54, 1.807) is 24.3 Å². The molecule has 0 bridgehead atoms. The van der Waals surface area contributed by atoms with Gasteiger partial charge in [-0.15, -0.1) is 0 Å². The van der Waals surface area contributed by atoms with Gasteiger partial charge in [0.05, 0.1) is 35.2 Å². The molecule has 9 heteroatoms. The molecule has 5 rings (SSSR count). The van der Waals surface area contributed by atoms with Crippen molar-refractivity contribution in [3.63, 3.8) is 0 Å². The number of rotatable bonds is 4. The molecule has 162 valence electrons. The molecule has 1 aliphatic heterocycles. The van der Waals surface area contributed by atoms with Crippen molar-refractivity contribution in [2.24, 2.45) is 0 Å². The molecule has 0 radical (unpaired) electrons. The van der Waals surface area contributed by atoms with Crippen molar-refractivity contribution in [2.75, 3.05) is 26.3 Å². The number of aromatic nitrogens is 2. The van der Waals surface area contributed by atoms with Crippen LogP contribution in [0.5, 0.6) is 0 Å². The van der Waals surface area contributed by atoms with Crippen LogP contribution < -0.4 is 5.32 Å². The minimum atomic E-state index is -3.58. The summed E-state index contributed by atoms with van der Waals surface area (Å²) in [5.41, 5.74) is 4.13. The van der Waals surface area contributed by atoms with Gasteiger partial charge < -0.3 is 15.0 Å². The highest BCUT2D eigenvalue weighted by molar-refractivity contribution is 7.89. The number of aromatic amines is 1. The van der Waals surface area contributed by atoms with E-state index in [1.807, 2.05) is 19.1 Å². The molecule has 1 amide bonds. The number of aryl methyl sites for hydroxylation is 2. The standard InChI is InChI=1S/C22H24N4O4S/c1-14-23-20-7-4-16(12-21(20)24-14)22(27)25-19-6-3-15-2-5-17(13-18(15)19)31(28,29)26-8-10-30-11-9-26/h2,4-5,7,12-13,19H,3,6,8-11H2,1H3,(H,23,24)(H,25,27)/t19-/m1/s1. The quantitative estimate of drug-likeness (QED) is 0.648. The summed E-state index contributed by atoms with van der Waals surface area (Å²) in [5, 5.41) is 3.08. The molecule has 1 aliphatic carbocycles. The number of H-pyrrole nitrogens is 1. The lowest BCUT2D eigenvalue weighted by atomic mass is 10.1. The number of sulfonamides is 1. The molecule has 1 saturated heterocycles. The monoisotopic (exact) mass is 440 g/mol. The van der Waals surface area contributed by atoms with Crippen LogP contribution in [0.2, 0.25) is 0 Å². The third-order valence-electron chi connectivity index (χ3n) is 5.97. The molecule has 31 heavy (non-hydrogen) atoms. The zero-order valence-electron chi connectivity index (χ0n) is 17.2. The van der Waals surface area contributed by atoms with E-state index >= 15 is 0 Å². The summed E-state index contributed by atoms with van der Waals surface area (Å²) in [6, 6.07) is 10.4. The van der Waals surface area contributed by atoms with E-state index in [0.717, 1.165) is 40.8 Å². The summed E-state index contributed by atoms with van der Waals surface area (Å²) < 4.78 is 32.8. The molecule has 0 unspecified atom stereocenters. The Balaban J connectivity index is 1.39. The van der Waals surface area contributed by atoms with Gasteiger partial charge in [0.1, 0.15) is 5.82 Å². The highest BCUT2D eigenvalue weighted by Gasteiger charge is 2.30. The van der Waals surface area contributed by atoms with Gasteiger partial charge in [-0.25, -0.2) is 13.4 Å². The van der Waals surface area contributed by atoms with E-state index < -0.39 is 10.0 Å². The molecule has 2 N–H and O–H groups in total. The summed E-state index contributed by atoms with van der Waals surface area (Å²) in [6.45, 7) is 3.40. The van der Waals surface area contributed by atoms with E-state index in [-0.39, 0.29) is 16.8 Å². The van der Waals surface area contributed by atoms with Crippen molar-refractivity contribution in [3.05, 3.63) is 58.9 Å². The average molecular weight is 441 g/mol. The fourth-order valence-electron chi connectivity index (χ4n) is 4.35. The molecule has 0 saturated carbocycles. The Morgan fingerprint density at radius 1 is 1.19 bits per heavy atom. The van der Waals surface area contributed by atoms with Crippen LogP contribution in [0.15, 0.2) is 41.3 Å². The molecule has 8 nitrogen and oxygen atoms in total. The van der Waals surface area contributed by atoms with Crippen LogP contribution >= 0.6 is 0 Å². The first-order valence-electron chi connectivity index (χ1n) is 10.4. The zero-order chi connectivity index (χ0) is 21.6. The zero-order valence-corrected chi connectivity index (χ0v) is 18.0. The fourth-order valence-corrected chi connectivity index (χ4v) is 5.79. The van der Waals surface area contributed by atoms with Crippen molar-refractivity contribution >= 4 is 27.0 Å². The van der Waals surface area contributed by atoms with Gasteiger partial charge in [0.15, 0.2) is 0 Å². The Kier molecular flexibility index (Phi) is 5.04. The van der Waals surface area contributed by atoms with Gasteiger partial charge >= 0.3 is 0 Å². The van der Waals surface area contributed by atoms with Gasteiger partial charge in [-0.05, 0) is 61.2 Å². The van der Waals surface area contributed by atoms with Crippen LogP contribution in [0.1, 0.15) is 39.8 Å². The highest BCUT2D eigenvalue weighted by atomic mass is 32.2. The maximum atomic E-state index is 13.0. The lowest BCUT2D eigenvalue weighted by Crippen LogP contribution is -2.40. The molecule has 2 aliphatic rings. The molecule has 2 aromatic carbocycles. The summed E-state index contributed by atoms with van der Waals surface area (Å²) in [6.07, 6.45) is 1.55. The minimum Gasteiger partial charge on any atom is -0.379 e. The van der Waals surface area contributed by atoms with Crippen molar-refractivity contribution < 1.29 is 17.9 Å². The number of amides is 1. The van der Waals surface area contributed by atoms with Gasteiger partial charge in [-0.2, -0.15) is 4.31 Å². The fraction of sp³-hybridized carbons (Fsp3) is 0.364. The largest absolute Gasteiger partial charge is 0.379 e. The minimum absolute atomic E-state index is 0.187. The topological polar surface area (TPSA) is 104 Å². The number of nitrogens with one attached hydrogen (secondary N) is 2. The van der Waals surface area contributed by atoms with Gasteiger partial charge in [0, 0.05) is 18.7 Å². The number of carbonyl (C=O) groups is 1. The SMILES string of the molecule is Cc1nc2ccc(C(=O)N[C@@H]3CCc4ccc(S(=O)(=O)N5CCOCC5)cc43)cc2[nH]1. The summed E-state index contributed by atoms with van der Waals surface area (Å²) in [4.78, 5) is 20.7. The number of benzene rings is 2. The smallest absolute Gasteiger partial charge is 0.251 e. The summed E-state index contributed by atoms with van der Waals surface area (Å²) in [5.74, 6) is 0.611. The Hall–Kier alpha value is -2.75. The summed E-state index contributed by atoms with van der Waals surface area (Å²) in [7, 11) is -3.58. The molecule has 3 aromatic rings.